The molecule has 1 aliphatic heterocycles. The zero-order valence-electron chi connectivity index (χ0n) is 20.9. The van der Waals surface area contributed by atoms with Crippen LogP contribution in [0.25, 0.3) is 5.76 Å². The average molecular weight is 520 g/mol. The first-order valence-corrected chi connectivity index (χ1v) is 12.8. The summed E-state index contributed by atoms with van der Waals surface area (Å²) in [5, 5.41) is 11.8. The van der Waals surface area contributed by atoms with Crippen LogP contribution < -0.4 is 14.4 Å². The van der Waals surface area contributed by atoms with E-state index in [1.54, 1.807) is 72.8 Å². The van der Waals surface area contributed by atoms with Gasteiger partial charge in [-0.1, -0.05) is 49.6 Å². The molecule has 4 rings (SSSR count). The summed E-state index contributed by atoms with van der Waals surface area (Å²) in [5.74, 6) is -0.412. The maximum absolute atomic E-state index is 13.3. The molecule has 1 atom stereocenters. The Bertz CT molecular complexity index is 1280. The summed E-state index contributed by atoms with van der Waals surface area (Å²) in [6, 6.07) is 19.9. The number of ketones is 1. The monoisotopic (exact) mass is 519 g/mol. The molecule has 0 spiro atoms. The second-order valence-electron chi connectivity index (χ2n) is 8.73. The lowest BCUT2D eigenvalue weighted by molar-refractivity contribution is -0.132. The molecule has 3 aromatic rings. The van der Waals surface area contributed by atoms with Gasteiger partial charge in [-0.05, 0) is 73.5 Å². The maximum atomic E-state index is 13.3. The van der Waals surface area contributed by atoms with Gasteiger partial charge < -0.3 is 14.6 Å². The van der Waals surface area contributed by atoms with Crippen molar-refractivity contribution in [2.75, 3.05) is 18.1 Å². The predicted octanol–water partition coefficient (Wildman–Crippen LogP) is 6.93. The number of aliphatic hydroxyl groups excluding tert-OH is 1. The standard InChI is InChI=1S/C30H30ClNO5/c1-3-5-6-18-37-25-16-12-21(13-17-25)28(33)26-27(20-10-14-24(15-11-20)36-4-2)32(30(35)29(26)34)23-9-7-8-22(31)19-23/h7-17,19,27,33H,3-6,18H2,1-2H3/b28-26+. The molecule has 192 valence electrons. The van der Waals surface area contributed by atoms with Crippen LogP contribution in [0, 0.1) is 0 Å². The number of unbranched alkanes of at least 4 members (excludes halogenated alkanes) is 2. The molecule has 7 heteroatoms. The number of amides is 1. The lowest BCUT2D eigenvalue weighted by Crippen LogP contribution is -2.29. The van der Waals surface area contributed by atoms with Crippen LogP contribution in [0.1, 0.15) is 50.3 Å². The summed E-state index contributed by atoms with van der Waals surface area (Å²) >= 11 is 6.21. The molecule has 0 radical (unpaired) electrons. The number of aliphatic hydroxyl groups is 1. The fraction of sp³-hybridized carbons (Fsp3) is 0.267. The first kappa shape index (κ1) is 26.3. The Morgan fingerprint density at radius 1 is 0.919 bits per heavy atom. The van der Waals surface area contributed by atoms with E-state index >= 15 is 0 Å². The van der Waals surface area contributed by atoms with Gasteiger partial charge in [0.1, 0.15) is 17.3 Å². The number of hydrogen-bond acceptors (Lipinski definition) is 5. The summed E-state index contributed by atoms with van der Waals surface area (Å²) in [7, 11) is 0. The van der Waals surface area contributed by atoms with Gasteiger partial charge in [0.25, 0.3) is 11.7 Å². The van der Waals surface area contributed by atoms with E-state index in [1.165, 1.54) is 4.90 Å². The molecule has 1 saturated heterocycles. The Morgan fingerprint density at radius 2 is 1.59 bits per heavy atom. The van der Waals surface area contributed by atoms with Crippen LogP contribution in [-0.2, 0) is 9.59 Å². The number of hydrogen-bond donors (Lipinski definition) is 1. The van der Waals surface area contributed by atoms with E-state index in [0.29, 0.717) is 46.5 Å². The van der Waals surface area contributed by atoms with Crippen molar-refractivity contribution in [3.63, 3.8) is 0 Å². The number of benzene rings is 3. The Morgan fingerprint density at radius 3 is 2.24 bits per heavy atom. The summed E-state index contributed by atoms with van der Waals surface area (Å²) in [4.78, 5) is 28.0. The summed E-state index contributed by atoms with van der Waals surface area (Å²) in [6.45, 7) is 5.15. The van der Waals surface area contributed by atoms with Crippen molar-refractivity contribution >= 4 is 34.7 Å². The zero-order valence-corrected chi connectivity index (χ0v) is 21.7. The first-order valence-electron chi connectivity index (χ1n) is 12.5. The van der Waals surface area contributed by atoms with Crippen LogP contribution >= 0.6 is 11.6 Å². The van der Waals surface area contributed by atoms with Crippen molar-refractivity contribution in [1.29, 1.82) is 0 Å². The van der Waals surface area contributed by atoms with E-state index in [0.717, 1.165) is 19.3 Å². The third-order valence-corrected chi connectivity index (χ3v) is 6.42. The molecule has 1 amide bonds. The number of nitrogens with zero attached hydrogens (tertiary/aromatic N) is 1. The van der Waals surface area contributed by atoms with Crippen molar-refractivity contribution in [3.8, 4) is 11.5 Å². The molecule has 1 aliphatic rings. The lowest BCUT2D eigenvalue weighted by Gasteiger charge is -2.25. The van der Waals surface area contributed by atoms with Crippen LogP contribution in [0.2, 0.25) is 5.02 Å². The van der Waals surface area contributed by atoms with Crippen LogP contribution in [0.5, 0.6) is 11.5 Å². The molecule has 0 aliphatic carbocycles. The van der Waals surface area contributed by atoms with Crippen molar-refractivity contribution in [1.82, 2.24) is 0 Å². The number of rotatable bonds is 10. The molecule has 1 heterocycles. The number of anilines is 1. The van der Waals surface area contributed by atoms with E-state index in [9.17, 15) is 14.7 Å². The highest BCUT2D eigenvalue weighted by Gasteiger charge is 2.47. The lowest BCUT2D eigenvalue weighted by atomic mass is 9.95. The topological polar surface area (TPSA) is 76.1 Å². The summed E-state index contributed by atoms with van der Waals surface area (Å²) < 4.78 is 11.3. The van der Waals surface area contributed by atoms with Gasteiger partial charge in [0, 0.05) is 16.3 Å². The Kier molecular flexibility index (Phi) is 8.51. The van der Waals surface area contributed by atoms with E-state index < -0.39 is 17.7 Å². The smallest absolute Gasteiger partial charge is 0.300 e. The molecule has 0 saturated carbocycles. The third-order valence-electron chi connectivity index (χ3n) is 6.18. The molecule has 6 nitrogen and oxygen atoms in total. The van der Waals surface area contributed by atoms with Crippen LogP contribution in [-0.4, -0.2) is 30.0 Å². The Balaban J connectivity index is 1.75. The van der Waals surface area contributed by atoms with Crippen molar-refractivity contribution < 1.29 is 24.2 Å². The fourth-order valence-electron chi connectivity index (χ4n) is 4.36. The quantitative estimate of drug-likeness (QED) is 0.136. The highest BCUT2D eigenvalue weighted by Crippen LogP contribution is 2.43. The van der Waals surface area contributed by atoms with Gasteiger partial charge in [-0.2, -0.15) is 0 Å². The number of carbonyl (C=O) groups is 2. The molecular weight excluding hydrogens is 490 g/mol. The van der Waals surface area contributed by atoms with E-state index in [1.807, 2.05) is 6.92 Å². The average Bonchev–Trinajstić information content (AvgIpc) is 3.17. The van der Waals surface area contributed by atoms with Crippen molar-refractivity contribution in [2.45, 2.75) is 39.2 Å². The van der Waals surface area contributed by atoms with E-state index in [-0.39, 0.29) is 11.3 Å². The molecular formula is C30H30ClNO5. The maximum Gasteiger partial charge on any atom is 0.300 e. The van der Waals surface area contributed by atoms with Gasteiger partial charge in [0.05, 0.1) is 24.8 Å². The fourth-order valence-corrected chi connectivity index (χ4v) is 4.54. The second-order valence-corrected chi connectivity index (χ2v) is 9.17. The van der Waals surface area contributed by atoms with Crippen LogP contribution in [0.3, 0.4) is 0 Å². The highest BCUT2D eigenvalue weighted by molar-refractivity contribution is 6.51. The van der Waals surface area contributed by atoms with Crippen LogP contribution in [0.15, 0.2) is 78.4 Å². The predicted molar refractivity (Wildman–Crippen MR) is 145 cm³/mol. The first-order chi connectivity index (χ1) is 17.9. The molecule has 0 aromatic heterocycles. The van der Waals surface area contributed by atoms with E-state index in [4.69, 9.17) is 21.1 Å². The van der Waals surface area contributed by atoms with Gasteiger partial charge in [0.15, 0.2) is 0 Å². The number of carbonyl (C=O) groups excluding carboxylic acids is 2. The Hall–Kier alpha value is -3.77. The second kappa shape index (κ2) is 12.0. The molecule has 1 unspecified atom stereocenters. The number of halogens is 1. The molecule has 0 bridgehead atoms. The number of Topliss-reactive ketones (excluding diaryl/α,β-unsaturated/α-hetero) is 1. The minimum atomic E-state index is -0.848. The highest BCUT2D eigenvalue weighted by atomic mass is 35.5. The minimum absolute atomic E-state index is 0.00532. The van der Waals surface area contributed by atoms with Gasteiger partial charge in [0.2, 0.25) is 0 Å². The van der Waals surface area contributed by atoms with Gasteiger partial charge in [-0.3, -0.25) is 14.5 Å². The van der Waals surface area contributed by atoms with Gasteiger partial charge >= 0.3 is 0 Å². The third kappa shape index (κ3) is 5.81. The largest absolute Gasteiger partial charge is 0.507 e. The van der Waals surface area contributed by atoms with Crippen LogP contribution in [0.4, 0.5) is 5.69 Å². The summed E-state index contributed by atoms with van der Waals surface area (Å²) in [6.07, 6.45) is 3.17. The van der Waals surface area contributed by atoms with Crippen molar-refractivity contribution in [3.05, 3.63) is 94.5 Å². The summed E-state index contributed by atoms with van der Waals surface area (Å²) in [5.41, 5.74) is 1.54. The van der Waals surface area contributed by atoms with Gasteiger partial charge in [-0.25, -0.2) is 0 Å². The minimum Gasteiger partial charge on any atom is -0.507 e. The molecule has 1 N–H and O–H groups in total. The zero-order chi connectivity index (χ0) is 26.4. The Labute approximate surface area is 222 Å². The van der Waals surface area contributed by atoms with E-state index in [2.05, 4.69) is 6.92 Å². The molecule has 1 fully saturated rings. The molecule has 37 heavy (non-hydrogen) atoms. The SMILES string of the molecule is CCCCCOc1ccc(/C(O)=C2\C(=O)C(=O)N(c3cccc(Cl)c3)C2c2ccc(OCC)cc2)cc1. The normalized spacial score (nSPS) is 16.7. The number of ether oxygens (including phenoxy) is 2. The van der Waals surface area contributed by atoms with Crippen molar-refractivity contribution in [2.24, 2.45) is 0 Å². The van der Waals surface area contributed by atoms with Gasteiger partial charge in [-0.15, -0.1) is 0 Å². The molecule has 3 aromatic carbocycles.